The fraction of sp³-hybridized carbons (Fsp3) is 0.275. The maximum Gasteiger partial charge on any atom is 0.228 e. The lowest BCUT2D eigenvalue weighted by molar-refractivity contribution is -0.124. The van der Waals surface area contributed by atoms with Gasteiger partial charge in [0.1, 0.15) is 21.7 Å². The van der Waals surface area contributed by atoms with Gasteiger partial charge in [-0.3, -0.25) is 9.59 Å². The number of rotatable bonds is 16. The van der Waals surface area contributed by atoms with Crippen LogP contribution >= 0.6 is 22.7 Å². The number of hydrogen-bond acceptors (Lipinski definition) is 7. The van der Waals surface area contributed by atoms with Crippen LogP contribution in [0.15, 0.2) is 120 Å². The minimum absolute atomic E-state index is 0.0150. The van der Waals surface area contributed by atoms with E-state index in [-0.39, 0.29) is 23.7 Å². The molecule has 0 fully saturated rings. The molecule has 0 radical (unpaired) electrons. The topological polar surface area (TPSA) is 112 Å². The molecule has 7 aromatic rings. The number of hydrogen-bond donors (Lipinski definition) is 3. The molecule has 3 aromatic heterocycles. The van der Waals surface area contributed by atoms with Gasteiger partial charge in [-0.15, -0.1) is 22.7 Å². The molecule has 0 saturated carbocycles. The van der Waals surface area contributed by atoms with Crippen molar-refractivity contribution in [3.05, 3.63) is 131 Å². The van der Waals surface area contributed by atoms with E-state index in [9.17, 15) is 9.59 Å². The zero-order valence-corrected chi connectivity index (χ0v) is 36.9. The Morgan fingerprint density at radius 2 is 1.15 bits per heavy atom. The van der Waals surface area contributed by atoms with E-state index in [1.165, 1.54) is 0 Å². The predicted octanol–water partition coefficient (Wildman–Crippen LogP) is 13.4. The minimum Gasteiger partial charge on any atom is -0.341 e. The number of thiazole rings is 2. The first-order chi connectivity index (χ1) is 29.9. The molecule has 1 aliphatic heterocycles. The molecule has 8 rings (SSSR count). The molecule has 0 bridgehead atoms. The molecule has 2 amide bonds. The molecule has 10 heteroatoms. The zero-order valence-electron chi connectivity index (χ0n) is 35.3. The van der Waals surface area contributed by atoms with Gasteiger partial charge in [-0.25, -0.2) is 15.0 Å². The number of para-hydroxylation sites is 2. The molecule has 1 aliphatic rings. The standard InChI is InChI=1S/C51H52N6O2S2/c1-5-9-21-32(7-3)48(58)56-46-44(50-54-36-27-17-19-29-40(36)60-50)42(34-23-13-11-14-24-34)38(52-46)31-39-43(35-25-15-12-16-26-35)45(51-55-37-28-18-20-30-41(37)61-51)47(53-39)57-49(59)33(8-4)22-10-6-2/h11-20,23-33,52H,5-10,21-22H2,1-4H3,(H,56,58)(H,53,57,59). The van der Waals surface area contributed by atoms with Gasteiger partial charge >= 0.3 is 0 Å². The number of aromatic nitrogens is 3. The third-order valence-corrected chi connectivity index (χ3v) is 13.6. The number of H-pyrrole nitrogens is 1. The van der Waals surface area contributed by atoms with Gasteiger partial charge < -0.3 is 15.6 Å². The fourth-order valence-electron chi connectivity index (χ4n) is 8.10. The maximum atomic E-state index is 14.2. The molecule has 61 heavy (non-hydrogen) atoms. The summed E-state index contributed by atoms with van der Waals surface area (Å²) >= 11 is 3.20. The zero-order chi connectivity index (χ0) is 42.3. The summed E-state index contributed by atoms with van der Waals surface area (Å²) in [5.41, 5.74) is 8.50. The van der Waals surface area contributed by atoms with Crippen molar-refractivity contribution in [1.29, 1.82) is 0 Å². The Bertz CT molecular complexity index is 2690. The molecule has 2 unspecified atom stereocenters. The monoisotopic (exact) mass is 844 g/mol. The van der Waals surface area contributed by atoms with Crippen LogP contribution in [0.3, 0.4) is 0 Å². The predicted molar refractivity (Wildman–Crippen MR) is 257 cm³/mol. The number of amidine groups is 1. The Balaban J connectivity index is 1.38. The molecule has 2 atom stereocenters. The minimum atomic E-state index is -0.146. The number of carbonyl (C=O) groups is 2. The van der Waals surface area contributed by atoms with E-state index in [0.29, 0.717) is 17.4 Å². The van der Waals surface area contributed by atoms with Crippen molar-refractivity contribution in [1.82, 2.24) is 20.3 Å². The molecule has 0 saturated heterocycles. The van der Waals surface area contributed by atoms with Gasteiger partial charge in [-0.2, -0.15) is 0 Å². The quantitative estimate of drug-likeness (QED) is 0.0899. The highest BCUT2D eigenvalue weighted by Gasteiger charge is 2.33. The van der Waals surface area contributed by atoms with Crippen molar-refractivity contribution in [2.24, 2.45) is 16.8 Å². The second kappa shape index (κ2) is 19.2. The second-order valence-corrected chi connectivity index (χ2v) is 17.6. The highest BCUT2D eigenvalue weighted by atomic mass is 32.1. The Morgan fingerprint density at radius 3 is 1.72 bits per heavy atom. The van der Waals surface area contributed by atoms with Crippen LogP contribution in [0.25, 0.3) is 59.4 Å². The summed E-state index contributed by atoms with van der Waals surface area (Å²) in [4.78, 5) is 47.7. The lowest BCUT2D eigenvalue weighted by Gasteiger charge is -2.15. The summed E-state index contributed by atoms with van der Waals surface area (Å²) in [7, 11) is 0. The van der Waals surface area contributed by atoms with Crippen molar-refractivity contribution in [2.45, 2.75) is 79.1 Å². The Morgan fingerprint density at radius 1 is 0.623 bits per heavy atom. The summed E-state index contributed by atoms with van der Waals surface area (Å²) in [5.74, 6) is 0.749. The molecular formula is C51H52N6O2S2. The van der Waals surface area contributed by atoms with E-state index in [0.717, 1.165) is 121 Å². The number of amides is 2. The number of aliphatic imine (C=N–C) groups is 1. The average Bonchev–Trinajstić information content (AvgIpc) is 4.07. The summed E-state index contributed by atoms with van der Waals surface area (Å²) in [6.45, 7) is 8.46. The highest BCUT2D eigenvalue weighted by Crippen LogP contribution is 2.47. The molecule has 0 aliphatic carbocycles. The largest absolute Gasteiger partial charge is 0.341 e. The third kappa shape index (κ3) is 8.92. The summed E-state index contributed by atoms with van der Waals surface area (Å²) in [6, 6.07) is 36.7. The number of carbonyl (C=O) groups excluding carboxylic acids is 2. The van der Waals surface area contributed by atoms with Crippen LogP contribution in [-0.2, 0) is 9.59 Å². The fourth-order valence-corrected chi connectivity index (χ4v) is 10.1. The van der Waals surface area contributed by atoms with Crippen LogP contribution < -0.4 is 10.6 Å². The van der Waals surface area contributed by atoms with Crippen molar-refractivity contribution < 1.29 is 9.59 Å². The van der Waals surface area contributed by atoms with Crippen molar-refractivity contribution in [3.63, 3.8) is 0 Å². The van der Waals surface area contributed by atoms with Crippen LogP contribution in [0.1, 0.15) is 95.3 Å². The van der Waals surface area contributed by atoms with E-state index in [4.69, 9.17) is 15.0 Å². The van der Waals surface area contributed by atoms with Gasteiger partial charge in [0, 0.05) is 23.0 Å². The smallest absolute Gasteiger partial charge is 0.228 e. The van der Waals surface area contributed by atoms with Gasteiger partial charge in [0.15, 0.2) is 0 Å². The van der Waals surface area contributed by atoms with Crippen LogP contribution in [0, 0.1) is 11.8 Å². The molecule has 3 N–H and O–H groups in total. The van der Waals surface area contributed by atoms with Crippen molar-refractivity contribution in [2.75, 3.05) is 5.32 Å². The van der Waals surface area contributed by atoms with Crippen molar-refractivity contribution >= 4 is 83.8 Å². The lowest BCUT2D eigenvalue weighted by Crippen LogP contribution is -2.35. The van der Waals surface area contributed by atoms with Crippen LogP contribution in [0.4, 0.5) is 5.82 Å². The second-order valence-electron chi connectivity index (χ2n) is 15.6. The van der Waals surface area contributed by atoms with E-state index in [1.54, 1.807) is 22.7 Å². The Kier molecular flexibility index (Phi) is 13.1. The van der Waals surface area contributed by atoms with E-state index >= 15 is 0 Å². The van der Waals surface area contributed by atoms with Gasteiger partial charge in [0.05, 0.1) is 43.0 Å². The molecular weight excluding hydrogens is 793 g/mol. The van der Waals surface area contributed by atoms with Gasteiger partial charge in [0.25, 0.3) is 0 Å². The van der Waals surface area contributed by atoms with E-state index < -0.39 is 0 Å². The molecule has 4 heterocycles. The number of nitrogens with one attached hydrogen (secondary N) is 3. The number of nitrogens with zero attached hydrogens (tertiary/aromatic N) is 3. The number of unbranched alkanes of at least 4 members (excludes halogenated alkanes) is 2. The van der Waals surface area contributed by atoms with Crippen LogP contribution in [0.2, 0.25) is 0 Å². The van der Waals surface area contributed by atoms with E-state index in [1.807, 2.05) is 72.8 Å². The molecule has 8 nitrogen and oxygen atoms in total. The number of anilines is 1. The Hall–Kier alpha value is -5.97. The maximum absolute atomic E-state index is 14.2. The highest BCUT2D eigenvalue weighted by molar-refractivity contribution is 7.21. The van der Waals surface area contributed by atoms with Gasteiger partial charge in [-0.1, -0.05) is 138 Å². The third-order valence-electron chi connectivity index (χ3n) is 11.5. The Labute approximate surface area is 366 Å². The van der Waals surface area contributed by atoms with Gasteiger partial charge in [-0.05, 0) is 67.2 Å². The van der Waals surface area contributed by atoms with E-state index in [2.05, 4.69) is 85.8 Å². The summed E-state index contributed by atoms with van der Waals surface area (Å²) < 4.78 is 2.11. The van der Waals surface area contributed by atoms with Crippen LogP contribution in [0.5, 0.6) is 0 Å². The summed E-state index contributed by atoms with van der Waals surface area (Å²) in [6.07, 6.45) is 9.16. The lowest BCUT2D eigenvalue weighted by atomic mass is 9.95. The first kappa shape index (κ1) is 41.8. The number of allylic oxidation sites excluding steroid dienone is 1. The SMILES string of the molecule is CCCCC(CC)C(=O)NC1=NC(=Cc2[nH]c(NC(=O)C(CC)CCCC)c(-c3nc4ccccc4s3)c2-c2ccccc2)C(c2ccccc2)=C1c1nc2ccccc2s1. The number of aromatic amines is 1. The molecule has 0 spiro atoms. The molecule has 310 valence electrons. The average molecular weight is 845 g/mol. The van der Waals surface area contributed by atoms with Crippen LogP contribution in [-0.4, -0.2) is 32.6 Å². The number of benzene rings is 4. The summed E-state index contributed by atoms with van der Waals surface area (Å²) in [5, 5.41) is 8.25. The van der Waals surface area contributed by atoms with Gasteiger partial charge in [0.2, 0.25) is 11.8 Å². The van der Waals surface area contributed by atoms with Crippen molar-refractivity contribution in [3.8, 4) is 21.7 Å². The molecule has 4 aromatic carbocycles. The number of fused-ring (bicyclic) bond motifs is 2. The first-order valence-electron chi connectivity index (χ1n) is 21.7. The normalized spacial score (nSPS) is 14.5. The first-order valence-corrected chi connectivity index (χ1v) is 23.3.